The molecule has 1 aliphatic heterocycles. The van der Waals surface area contributed by atoms with Crippen LogP contribution in [0.15, 0.2) is 0 Å². The Balaban J connectivity index is 1.93. The molecule has 0 aromatic heterocycles. The van der Waals surface area contributed by atoms with Gasteiger partial charge in [-0.15, -0.1) is 0 Å². The first-order valence-electron chi connectivity index (χ1n) is 8.82. The number of hydrogen-bond donors (Lipinski definition) is 1. The van der Waals surface area contributed by atoms with Crippen molar-refractivity contribution in [1.29, 1.82) is 0 Å². The van der Waals surface area contributed by atoms with Crippen LogP contribution in [0.3, 0.4) is 0 Å². The molecule has 0 spiro atoms. The number of hydrogen-bond acceptors (Lipinski definition) is 2. The summed E-state index contributed by atoms with van der Waals surface area (Å²) in [6, 6.07) is 0. The molecule has 1 heterocycles. The second-order valence-corrected chi connectivity index (χ2v) is 8.16. The average Bonchev–Trinajstić information content (AvgIpc) is 2.80. The molecule has 1 saturated heterocycles. The number of likely N-dealkylation sites (tertiary alicyclic amines) is 1. The zero-order valence-corrected chi connectivity index (χ0v) is 14.7. The summed E-state index contributed by atoms with van der Waals surface area (Å²) in [5.41, 5.74) is 0.497. The van der Waals surface area contributed by atoms with E-state index in [1.165, 1.54) is 64.8 Å². The average molecular weight is 283 g/mol. The van der Waals surface area contributed by atoms with Crippen LogP contribution in [0.5, 0.6) is 0 Å². The van der Waals surface area contributed by atoms with Crippen LogP contribution in [0.4, 0.5) is 0 Å². The fourth-order valence-electron chi connectivity index (χ4n) is 3.07. The van der Waals surface area contributed by atoms with Crippen molar-refractivity contribution in [3.63, 3.8) is 0 Å². The molecule has 1 unspecified atom stereocenters. The van der Waals surface area contributed by atoms with Crippen molar-refractivity contribution in [1.82, 2.24) is 10.2 Å². The molecule has 0 bridgehead atoms. The Kier molecular flexibility index (Phi) is 8.13. The predicted octanol–water partition coefficient (Wildman–Crippen LogP) is 4.16. The molecule has 120 valence electrons. The Bertz CT molecular complexity index is 242. The standard InChI is InChI=1S/C18H38N2/c1-16(2)14-19-11-8-6-7-9-12-20-13-10-17(15-20)18(3,4)5/h16-17,19H,6-15H2,1-5H3. The number of rotatable bonds is 9. The smallest absolute Gasteiger partial charge is 0.00151 e. The molecule has 0 radical (unpaired) electrons. The Morgan fingerprint density at radius 1 is 1.10 bits per heavy atom. The molecule has 1 N–H and O–H groups in total. The molecule has 0 aromatic carbocycles. The fraction of sp³-hybridized carbons (Fsp3) is 1.00. The van der Waals surface area contributed by atoms with Crippen molar-refractivity contribution < 1.29 is 0 Å². The lowest BCUT2D eigenvalue weighted by Gasteiger charge is -2.27. The largest absolute Gasteiger partial charge is 0.316 e. The maximum Gasteiger partial charge on any atom is 0.00151 e. The summed E-state index contributed by atoms with van der Waals surface area (Å²) in [5, 5.41) is 3.53. The molecule has 2 nitrogen and oxygen atoms in total. The van der Waals surface area contributed by atoms with Gasteiger partial charge in [-0.3, -0.25) is 0 Å². The minimum atomic E-state index is 0.497. The van der Waals surface area contributed by atoms with E-state index >= 15 is 0 Å². The van der Waals surface area contributed by atoms with Crippen molar-refractivity contribution in [3.8, 4) is 0 Å². The third-order valence-corrected chi connectivity index (χ3v) is 4.63. The second-order valence-electron chi connectivity index (χ2n) is 8.16. The van der Waals surface area contributed by atoms with Gasteiger partial charge in [0.05, 0.1) is 0 Å². The van der Waals surface area contributed by atoms with Gasteiger partial charge in [0, 0.05) is 6.54 Å². The Hall–Kier alpha value is -0.0800. The Morgan fingerprint density at radius 3 is 2.40 bits per heavy atom. The monoisotopic (exact) mass is 282 g/mol. The molecule has 1 rings (SSSR count). The molecule has 1 aliphatic rings. The van der Waals surface area contributed by atoms with Crippen LogP contribution in [-0.2, 0) is 0 Å². The lowest BCUT2D eigenvalue weighted by atomic mass is 9.80. The SMILES string of the molecule is CC(C)CNCCCCCCN1CCC(C(C)(C)C)C1. The molecule has 20 heavy (non-hydrogen) atoms. The molecule has 0 aliphatic carbocycles. The van der Waals surface area contributed by atoms with Gasteiger partial charge in [-0.1, -0.05) is 47.5 Å². The first kappa shape index (κ1) is 18.0. The van der Waals surface area contributed by atoms with Crippen LogP contribution < -0.4 is 5.32 Å². The van der Waals surface area contributed by atoms with E-state index in [1.54, 1.807) is 0 Å². The number of unbranched alkanes of at least 4 members (excludes halogenated alkanes) is 3. The molecule has 1 fully saturated rings. The third-order valence-electron chi connectivity index (χ3n) is 4.63. The number of nitrogens with one attached hydrogen (secondary N) is 1. The zero-order chi connectivity index (χ0) is 15.0. The molecule has 2 heteroatoms. The second kappa shape index (κ2) is 9.04. The molecule has 0 amide bonds. The maximum atomic E-state index is 3.53. The van der Waals surface area contributed by atoms with Crippen molar-refractivity contribution in [2.75, 3.05) is 32.7 Å². The van der Waals surface area contributed by atoms with E-state index in [4.69, 9.17) is 0 Å². The van der Waals surface area contributed by atoms with Crippen LogP contribution in [0.2, 0.25) is 0 Å². The lowest BCUT2D eigenvalue weighted by Crippen LogP contribution is -2.26. The molecule has 0 saturated carbocycles. The van der Waals surface area contributed by atoms with Gasteiger partial charge >= 0.3 is 0 Å². The van der Waals surface area contributed by atoms with Gasteiger partial charge in [0.2, 0.25) is 0 Å². The van der Waals surface area contributed by atoms with Crippen molar-refractivity contribution in [3.05, 3.63) is 0 Å². The third kappa shape index (κ3) is 7.64. The minimum absolute atomic E-state index is 0.497. The molecule has 0 aromatic rings. The fourth-order valence-corrected chi connectivity index (χ4v) is 3.07. The highest BCUT2D eigenvalue weighted by molar-refractivity contribution is 4.83. The summed E-state index contributed by atoms with van der Waals surface area (Å²) in [7, 11) is 0. The van der Waals surface area contributed by atoms with Gasteiger partial charge in [0.1, 0.15) is 0 Å². The van der Waals surface area contributed by atoms with Gasteiger partial charge in [-0.25, -0.2) is 0 Å². The van der Waals surface area contributed by atoms with Gasteiger partial charge in [-0.05, 0) is 62.7 Å². The van der Waals surface area contributed by atoms with Crippen LogP contribution in [0.1, 0.15) is 66.7 Å². The zero-order valence-electron chi connectivity index (χ0n) is 14.7. The summed E-state index contributed by atoms with van der Waals surface area (Å²) in [4.78, 5) is 2.69. The maximum absolute atomic E-state index is 3.53. The first-order chi connectivity index (χ1) is 9.39. The van der Waals surface area contributed by atoms with Crippen LogP contribution in [0.25, 0.3) is 0 Å². The summed E-state index contributed by atoms with van der Waals surface area (Å²) in [6.45, 7) is 18.1. The van der Waals surface area contributed by atoms with Crippen molar-refractivity contribution in [2.24, 2.45) is 17.3 Å². The van der Waals surface area contributed by atoms with E-state index in [1.807, 2.05) is 0 Å². The van der Waals surface area contributed by atoms with E-state index < -0.39 is 0 Å². The summed E-state index contributed by atoms with van der Waals surface area (Å²) >= 11 is 0. The quantitative estimate of drug-likeness (QED) is 0.639. The van der Waals surface area contributed by atoms with E-state index in [0.29, 0.717) is 5.41 Å². The minimum Gasteiger partial charge on any atom is -0.316 e. The predicted molar refractivity (Wildman–Crippen MR) is 90.2 cm³/mol. The van der Waals surface area contributed by atoms with E-state index in [9.17, 15) is 0 Å². The van der Waals surface area contributed by atoms with E-state index in [0.717, 1.165) is 11.8 Å². The van der Waals surface area contributed by atoms with Gasteiger partial charge in [0.25, 0.3) is 0 Å². The van der Waals surface area contributed by atoms with Crippen molar-refractivity contribution in [2.45, 2.75) is 66.7 Å². The Labute approximate surface area is 127 Å². The normalized spacial score (nSPS) is 21.0. The van der Waals surface area contributed by atoms with Crippen molar-refractivity contribution >= 4 is 0 Å². The number of nitrogens with zero attached hydrogens (tertiary/aromatic N) is 1. The van der Waals surface area contributed by atoms with Crippen LogP contribution in [-0.4, -0.2) is 37.6 Å². The van der Waals surface area contributed by atoms with Gasteiger partial charge in [0.15, 0.2) is 0 Å². The molecule has 1 atom stereocenters. The summed E-state index contributed by atoms with van der Waals surface area (Å²) in [5.74, 6) is 1.68. The topological polar surface area (TPSA) is 15.3 Å². The highest BCUT2D eigenvalue weighted by atomic mass is 15.1. The van der Waals surface area contributed by atoms with E-state index in [-0.39, 0.29) is 0 Å². The molecular formula is C18H38N2. The highest BCUT2D eigenvalue weighted by Crippen LogP contribution is 2.33. The summed E-state index contributed by atoms with van der Waals surface area (Å²) in [6.07, 6.45) is 6.93. The Morgan fingerprint density at radius 2 is 1.80 bits per heavy atom. The summed E-state index contributed by atoms with van der Waals surface area (Å²) < 4.78 is 0. The van der Waals surface area contributed by atoms with Gasteiger partial charge in [-0.2, -0.15) is 0 Å². The van der Waals surface area contributed by atoms with E-state index in [2.05, 4.69) is 44.8 Å². The van der Waals surface area contributed by atoms with Crippen LogP contribution >= 0.6 is 0 Å². The highest BCUT2D eigenvalue weighted by Gasteiger charge is 2.31. The molecular weight excluding hydrogens is 244 g/mol. The van der Waals surface area contributed by atoms with Crippen LogP contribution in [0, 0.1) is 17.3 Å². The van der Waals surface area contributed by atoms with Gasteiger partial charge < -0.3 is 10.2 Å². The lowest BCUT2D eigenvalue weighted by molar-refractivity contribution is 0.227. The first-order valence-corrected chi connectivity index (χ1v) is 8.82.